The van der Waals surface area contributed by atoms with Gasteiger partial charge in [0.1, 0.15) is 0 Å². The lowest BCUT2D eigenvalue weighted by Gasteiger charge is -2.28. The van der Waals surface area contributed by atoms with Crippen LogP contribution in [-0.2, 0) is 6.42 Å². The average molecular weight is 401 g/mol. The first kappa shape index (κ1) is 20.8. The van der Waals surface area contributed by atoms with Gasteiger partial charge in [0.15, 0.2) is 0 Å². The number of carbonyl (C=O) groups excluding carboxylic acids is 1. The molecule has 1 aliphatic rings. The molecule has 0 radical (unpaired) electrons. The van der Waals surface area contributed by atoms with Gasteiger partial charge in [-0.05, 0) is 63.5 Å². The van der Waals surface area contributed by atoms with Gasteiger partial charge >= 0.3 is 6.03 Å². The molecule has 1 aromatic carbocycles. The number of benzene rings is 1. The molecule has 2 aromatic rings. The molecule has 2 atom stereocenters. The van der Waals surface area contributed by atoms with Gasteiger partial charge in [-0.15, -0.1) is 11.3 Å². The summed E-state index contributed by atoms with van der Waals surface area (Å²) >= 11 is 1.77. The lowest BCUT2D eigenvalue weighted by Crippen LogP contribution is -2.49. The third-order valence-corrected chi connectivity index (χ3v) is 6.13. The van der Waals surface area contributed by atoms with Crippen LogP contribution in [0.2, 0.25) is 0 Å². The second-order valence-electron chi connectivity index (χ2n) is 7.78. The Labute approximate surface area is 172 Å². The van der Waals surface area contributed by atoms with Gasteiger partial charge in [-0.1, -0.05) is 36.4 Å². The van der Waals surface area contributed by atoms with Crippen molar-refractivity contribution in [3.05, 3.63) is 58.3 Å². The van der Waals surface area contributed by atoms with Gasteiger partial charge in [0.05, 0.1) is 6.04 Å². The summed E-state index contributed by atoms with van der Waals surface area (Å²) in [6.07, 6.45) is 3.32. The molecule has 28 heavy (non-hydrogen) atoms. The monoisotopic (exact) mass is 400 g/mol. The van der Waals surface area contributed by atoms with Crippen molar-refractivity contribution in [2.75, 3.05) is 40.3 Å². The van der Waals surface area contributed by atoms with Gasteiger partial charge in [-0.25, -0.2) is 4.79 Å². The third kappa shape index (κ3) is 6.33. The van der Waals surface area contributed by atoms with Gasteiger partial charge in [-0.3, -0.25) is 4.90 Å². The van der Waals surface area contributed by atoms with Crippen molar-refractivity contribution in [3.8, 4) is 0 Å². The highest BCUT2D eigenvalue weighted by Gasteiger charge is 2.25. The van der Waals surface area contributed by atoms with E-state index < -0.39 is 0 Å². The van der Waals surface area contributed by atoms with E-state index in [2.05, 4.69) is 50.1 Å². The molecule has 2 unspecified atom stereocenters. The number of carbonyl (C=O) groups is 1. The molecule has 3 rings (SSSR count). The molecule has 1 fully saturated rings. The summed E-state index contributed by atoms with van der Waals surface area (Å²) in [5.41, 5.74) is 1.24. The molecular weight excluding hydrogens is 368 g/mol. The quantitative estimate of drug-likeness (QED) is 0.679. The number of rotatable bonds is 9. The van der Waals surface area contributed by atoms with Crippen LogP contribution >= 0.6 is 11.3 Å². The zero-order chi connectivity index (χ0) is 19.8. The highest BCUT2D eigenvalue weighted by Crippen LogP contribution is 2.27. The van der Waals surface area contributed by atoms with Crippen molar-refractivity contribution in [1.29, 1.82) is 0 Å². The average Bonchev–Trinajstić information content (AvgIpc) is 3.36. The Morgan fingerprint density at radius 2 is 1.89 bits per heavy atom. The number of nitrogens with one attached hydrogen (secondary N) is 2. The standard InChI is InChI=1S/C22H32N4OS/c1-25(2)17-19(15-18-9-4-3-5-10-18)24-22(27)23-16-20(21-11-8-14-28-21)26-12-6-7-13-26/h3-5,8-11,14,19-20H,6-7,12-13,15-17H2,1-2H3,(H2,23,24,27). The largest absolute Gasteiger partial charge is 0.336 e. The van der Waals surface area contributed by atoms with E-state index in [1.807, 2.05) is 32.3 Å². The summed E-state index contributed by atoms with van der Waals surface area (Å²) in [4.78, 5) is 18.6. The second-order valence-corrected chi connectivity index (χ2v) is 8.76. The molecule has 0 spiro atoms. The molecular formula is C22H32N4OS. The van der Waals surface area contributed by atoms with E-state index in [4.69, 9.17) is 0 Å². The highest BCUT2D eigenvalue weighted by atomic mass is 32.1. The maximum atomic E-state index is 12.7. The summed E-state index contributed by atoms with van der Waals surface area (Å²) in [7, 11) is 4.08. The molecule has 1 aliphatic heterocycles. The van der Waals surface area contributed by atoms with E-state index >= 15 is 0 Å². The first-order valence-corrected chi connectivity index (χ1v) is 11.0. The SMILES string of the molecule is CN(C)CC(Cc1ccccc1)NC(=O)NCC(c1cccs1)N1CCCC1. The topological polar surface area (TPSA) is 47.6 Å². The van der Waals surface area contributed by atoms with Gasteiger partial charge in [0.25, 0.3) is 0 Å². The molecule has 5 nitrogen and oxygen atoms in total. The number of thiophene rings is 1. The Morgan fingerprint density at radius 1 is 1.14 bits per heavy atom. The molecule has 0 saturated carbocycles. The maximum absolute atomic E-state index is 12.7. The Balaban J connectivity index is 1.56. The fourth-order valence-electron chi connectivity index (χ4n) is 3.87. The van der Waals surface area contributed by atoms with E-state index in [9.17, 15) is 4.79 Å². The van der Waals surface area contributed by atoms with Crippen LogP contribution in [0.5, 0.6) is 0 Å². The minimum atomic E-state index is -0.0801. The van der Waals surface area contributed by atoms with Crippen LogP contribution in [0.1, 0.15) is 29.3 Å². The molecule has 0 bridgehead atoms. The third-order valence-electron chi connectivity index (χ3n) is 5.15. The lowest BCUT2D eigenvalue weighted by atomic mass is 10.1. The molecule has 1 aromatic heterocycles. The zero-order valence-corrected chi connectivity index (χ0v) is 17.8. The number of nitrogens with zero attached hydrogens (tertiary/aromatic N) is 2. The normalized spacial score (nSPS) is 16.8. The van der Waals surface area contributed by atoms with Crippen molar-refractivity contribution in [1.82, 2.24) is 20.4 Å². The summed E-state index contributed by atoms with van der Waals surface area (Å²) in [6.45, 7) is 3.68. The number of hydrogen-bond acceptors (Lipinski definition) is 4. The number of urea groups is 1. The molecule has 6 heteroatoms. The Kier molecular flexibility index (Phi) is 7.89. The van der Waals surface area contributed by atoms with Gasteiger partial charge < -0.3 is 15.5 Å². The van der Waals surface area contributed by atoms with E-state index in [0.29, 0.717) is 6.54 Å². The number of likely N-dealkylation sites (N-methyl/N-ethyl adjacent to an activating group) is 1. The van der Waals surface area contributed by atoms with E-state index in [1.165, 1.54) is 23.3 Å². The van der Waals surface area contributed by atoms with Crippen LogP contribution in [0.3, 0.4) is 0 Å². The summed E-state index contributed by atoms with van der Waals surface area (Å²) in [5.74, 6) is 0. The van der Waals surface area contributed by atoms with Crippen molar-refractivity contribution in [2.45, 2.75) is 31.3 Å². The highest BCUT2D eigenvalue weighted by molar-refractivity contribution is 7.10. The molecule has 2 heterocycles. The van der Waals surface area contributed by atoms with Crippen LogP contribution in [-0.4, -0.2) is 62.1 Å². The second kappa shape index (κ2) is 10.6. The molecule has 152 valence electrons. The van der Waals surface area contributed by atoms with Crippen molar-refractivity contribution in [2.24, 2.45) is 0 Å². The number of likely N-dealkylation sites (tertiary alicyclic amines) is 1. The van der Waals surface area contributed by atoms with Crippen molar-refractivity contribution < 1.29 is 4.79 Å². The Bertz CT molecular complexity index is 699. The predicted octanol–water partition coefficient (Wildman–Crippen LogP) is 3.36. The van der Waals surface area contributed by atoms with Gasteiger partial charge in [0.2, 0.25) is 0 Å². The first-order chi connectivity index (χ1) is 13.6. The van der Waals surface area contributed by atoms with Crippen molar-refractivity contribution in [3.63, 3.8) is 0 Å². The van der Waals surface area contributed by atoms with E-state index in [0.717, 1.165) is 26.1 Å². The minimum Gasteiger partial charge on any atom is -0.336 e. The molecule has 2 amide bonds. The summed E-state index contributed by atoms with van der Waals surface area (Å²) < 4.78 is 0. The minimum absolute atomic E-state index is 0.0735. The summed E-state index contributed by atoms with van der Waals surface area (Å²) in [5, 5.41) is 8.43. The Hall–Kier alpha value is -1.89. The first-order valence-electron chi connectivity index (χ1n) is 10.1. The van der Waals surface area contributed by atoms with E-state index in [1.54, 1.807) is 11.3 Å². The predicted molar refractivity (Wildman–Crippen MR) is 117 cm³/mol. The number of amides is 2. The fourth-order valence-corrected chi connectivity index (χ4v) is 4.73. The van der Waals surface area contributed by atoms with Crippen LogP contribution < -0.4 is 10.6 Å². The molecule has 2 N–H and O–H groups in total. The van der Waals surface area contributed by atoms with Gasteiger partial charge in [-0.2, -0.15) is 0 Å². The smallest absolute Gasteiger partial charge is 0.315 e. The summed E-state index contributed by atoms with van der Waals surface area (Å²) in [6, 6.07) is 14.9. The van der Waals surface area contributed by atoms with E-state index in [-0.39, 0.29) is 18.1 Å². The number of hydrogen-bond donors (Lipinski definition) is 2. The molecule has 1 saturated heterocycles. The van der Waals surface area contributed by atoms with Crippen LogP contribution in [0, 0.1) is 0 Å². The van der Waals surface area contributed by atoms with Crippen LogP contribution in [0.15, 0.2) is 47.8 Å². The van der Waals surface area contributed by atoms with Crippen molar-refractivity contribution >= 4 is 17.4 Å². The van der Waals surface area contributed by atoms with Crippen LogP contribution in [0.25, 0.3) is 0 Å². The van der Waals surface area contributed by atoms with Gasteiger partial charge in [0, 0.05) is 24.0 Å². The molecule has 0 aliphatic carbocycles. The zero-order valence-electron chi connectivity index (χ0n) is 16.9. The van der Waals surface area contributed by atoms with Crippen LogP contribution in [0.4, 0.5) is 4.79 Å². The lowest BCUT2D eigenvalue weighted by molar-refractivity contribution is 0.217. The fraction of sp³-hybridized carbons (Fsp3) is 0.500. The maximum Gasteiger partial charge on any atom is 0.315 e. The Morgan fingerprint density at radius 3 is 2.54 bits per heavy atom.